The number of amides is 1. The fraction of sp³-hybridized carbons (Fsp3) is 0.500. The highest BCUT2D eigenvalue weighted by Crippen LogP contribution is 2.37. The van der Waals surface area contributed by atoms with Crippen molar-refractivity contribution in [3.8, 4) is 5.88 Å². The fourth-order valence-corrected chi connectivity index (χ4v) is 5.01. The number of halogens is 3. The molecule has 1 unspecified atom stereocenters. The van der Waals surface area contributed by atoms with Crippen molar-refractivity contribution in [2.24, 2.45) is 0 Å². The molecule has 4 rings (SSSR count). The van der Waals surface area contributed by atoms with Gasteiger partial charge in [-0.1, -0.05) is 44.2 Å². The number of oxazole rings is 1. The summed E-state index contributed by atoms with van der Waals surface area (Å²) in [6.07, 6.45) is 11.3. The molecule has 1 aliphatic heterocycles. The van der Waals surface area contributed by atoms with Crippen LogP contribution in [0.5, 0.6) is 5.88 Å². The third-order valence-electron chi connectivity index (χ3n) is 7.65. The fourth-order valence-electron chi connectivity index (χ4n) is 5.01. The normalized spacial score (nSPS) is 20.0. The van der Waals surface area contributed by atoms with E-state index in [0.717, 1.165) is 12.0 Å². The molecule has 46 heavy (non-hydrogen) atoms. The molecule has 1 fully saturated rings. The van der Waals surface area contributed by atoms with Gasteiger partial charge in [0.25, 0.3) is 0 Å². The van der Waals surface area contributed by atoms with E-state index in [2.05, 4.69) is 11.1 Å². The smallest absolute Gasteiger partial charge is 0.412 e. The standard InChI is InChI=1S/C34H43F3N4O5/c1-7-8-12-26(33(21-44-22-33)40(6)31(42)46-32(3,4)5)17-24(2)29-18-30(41(39-29)19-27-20-43-23-38-27)45-28-15-10-9-13-25(14-11-16-28)34(35,36)37/h8,10,12,14-18,20,23-24H,7,9,11,13,19,21-22H2,1-6H3/b12-8-,15-10-,25-14+,26-17+,28-16?. The van der Waals surface area contributed by atoms with E-state index >= 15 is 0 Å². The van der Waals surface area contributed by atoms with Crippen LogP contribution < -0.4 is 4.74 Å². The summed E-state index contributed by atoms with van der Waals surface area (Å²) in [5, 5.41) is 4.84. The minimum absolute atomic E-state index is 0.0698. The van der Waals surface area contributed by atoms with Gasteiger partial charge in [-0.25, -0.2) is 14.5 Å². The summed E-state index contributed by atoms with van der Waals surface area (Å²) in [5.74, 6) is 0.572. The van der Waals surface area contributed by atoms with Crippen LogP contribution in [0.3, 0.4) is 0 Å². The van der Waals surface area contributed by atoms with Gasteiger partial charge in [0.15, 0.2) is 6.39 Å². The zero-order chi connectivity index (χ0) is 33.5. The summed E-state index contributed by atoms with van der Waals surface area (Å²) in [4.78, 5) is 18.9. The molecule has 0 spiro atoms. The third kappa shape index (κ3) is 8.80. The quantitative estimate of drug-likeness (QED) is 0.191. The maximum absolute atomic E-state index is 13.3. The Balaban J connectivity index is 1.67. The first-order valence-corrected chi connectivity index (χ1v) is 15.4. The number of alkyl halides is 3. The summed E-state index contributed by atoms with van der Waals surface area (Å²) >= 11 is 0. The van der Waals surface area contributed by atoms with Gasteiger partial charge in [0, 0.05) is 24.6 Å². The Morgan fingerprint density at radius 2 is 2.00 bits per heavy atom. The number of allylic oxidation sites excluding steroid dienone is 7. The molecule has 12 heteroatoms. The van der Waals surface area contributed by atoms with Crippen LogP contribution in [0.4, 0.5) is 18.0 Å². The van der Waals surface area contributed by atoms with Crippen molar-refractivity contribution in [2.75, 3.05) is 20.3 Å². The minimum atomic E-state index is -4.36. The molecule has 0 radical (unpaired) electrons. The zero-order valence-electron chi connectivity index (χ0n) is 27.3. The van der Waals surface area contributed by atoms with Crippen molar-refractivity contribution in [1.82, 2.24) is 19.7 Å². The first-order chi connectivity index (χ1) is 21.7. The topological polar surface area (TPSA) is 91.9 Å². The van der Waals surface area contributed by atoms with Crippen molar-refractivity contribution in [1.29, 1.82) is 0 Å². The van der Waals surface area contributed by atoms with Crippen LogP contribution in [0.2, 0.25) is 0 Å². The molecule has 3 heterocycles. The molecule has 0 N–H and O–H groups in total. The van der Waals surface area contributed by atoms with Crippen LogP contribution in [0.15, 0.2) is 82.6 Å². The highest BCUT2D eigenvalue weighted by atomic mass is 19.4. The van der Waals surface area contributed by atoms with E-state index in [-0.39, 0.29) is 31.7 Å². The first-order valence-electron chi connectivity index (χ1n) is 15.4. The second-order valence-electron chi connectivity index (χ2n) is 12.4. The van der Waals surface area contributed by atoms with Gasteiger partial charge in [-0.15, -0.1) is 0 Å². The predicted molar refractivity (Wildman–Crippen MR) is 167 cm³/mol. The maximum atomic E-state index is 13.3. The van der Waals surface area contributed by atoms with Gasteiger partial charge in [-0.05, 0) is 64.2 Å². The van der Waals surface area contributed by atoms with Crippen molar-refractivity contribution in [3.63, 3.8) is 0 Å². The zero-order valence-corrected chi connectivity index (χ0v) is 27.3. The van der Waals surface area contributed by atoms with E-state index < -0.39 is 29.0 Å². The molecule has 0 bridgehead atoms. The second-order valence-corrected chi connectivity index (χ2v) is 12.4. The molecular weight excluding hydrogens is 601 g/mol. The summed E-state index contributed by atoms with van der Waals surface area (Å²) < 4.78 is 64.4. The number of rotatable bonds is 10. The van der Waals surface area contributed by atoms with Crippen molar-refractivity contribution in [3.05, 3.63) is 89.5 Å². The first kappa shape index (κ1) is 34.8. The Morgan fingerprint density at radius 3 is 2.61 bits per heavy atom. The lowest BCUT2D eigenvalue weighted by molar-refractivity contribution is -0.108. The monoisotopic (exact) mass is 644 g/mol. The van der Waals surface area contributed by atoms with E-state index in [1.807, 2.05) is 52.8 Å². The van der Waals surface area contributed by atoms with E-state index in [4.69, 9.17) is 23.7 Å². The number of nitrogens with zero attached hydrogens (tertiary/aromatic N) is 4. The summed E-state index contributed by atoms with van der Waals surface area (Å²) in [6.45, 7) is 10.4. The molecule has 2 aromatic rings. The number of hydrogen-bond acceptors (Lipinski definition) is 7. The van der Waals surface area contributed by atoms with Crippen molar-refractivity contribution >= 4 is 6.09 Å². The summed E-state index contributed by atoms with van der Waals surface area (Å²) in [6, 6.07) is 1.81. The Labute approximate surface area is 268 Å². The Morgan fingerprint density at radius 1 is 1.24 bits per heavy atom. The average molecular weight is 645 g/mol. The van der Waals surface area contributed by atoms with Gasteiger partial charge < -0.3 is 18.6 Å². The molecule has 1 aliphatic carbocycles. The Kier molecular flexibility index (Phi) is 11.0. The molecule has 250 valence electrons. The second kappa shape index (κ2) is 14.6. The summed E-state index contributed by atoms with van der Waals surface area (Å²) in [5.41, 5.74) is 0.273. The average Bonchev–Trinajstić information content (AvgIpc) is 3.62. The molecule has 1 amide bonds. The van der Waals surface area contributed by atoms with Gasteiger partial charge >= 0.3 is 12.3 Å². The number of ether oxygens (including phenoxy) is 3. The van der Waals surface area contributed by atoms with Crippen LogP contribution in [0.25, 0.3) is 0 Å². The van der Waals surface area contributed by atoms with Crippen LogP contribution in [0, 0.1) is 0 Å². The van der Waals surface area contributed by atoms with E-state index in [9.17, 15) is 18.0 Å². The minimum Gasteiger partial charge on any atom is -0.451 e. The van der Waals surface area contributed by atoms with Crippen molar-refractivity contribution < 1.29 is 36.6 Å². The number of aromatic nitrogens is 3. The van der Waals surface area contributed by atoms with Gasteiger partial charge in [0.1, 0.15) is 28.9 Å². The maximum Gasteiger partial charge on any atom is 0.412 e. The third-order valence-corrected chi connectivity index (χ3v) is 7.65. The van der Waals surface area contributed by atoms with Crippen LogP contribution in [-0.2, 0) is 16.0 Å². The van der Waals surface area contributed by atoms with Gasteiger partial charge in [0.05, 0.1) is 25.5 Å². The number of carbonyl (C=O) groups excluding carboxylic acids is 1. The number of likely N-dealkylation sites (N-methyl/N-ethyl adjacent to an activating group) is 1. The molecule has 9 nitrogen and oxygen atoms in total. The molecular formula is C34H43F3N4O5. The van der Waals surface area contributed by atoms with Gasteiger partial charge in [-0.2, -0.15) is 18.3 Å². The predicted octanol–water partition coefficient (Wildman–Crippen LogP) is 8.04. The highest BCUT2D eigenvalue weighted by molar-refractivity contribution is 5.70. The number of hydrogen-bond donors (Lipinski definition) is 0. The molecule has 1 saturated heterocycles. The summed E-state index contributed by atoms with van der Waals surface area (Å²) in [7, 11) is 1.72. The van der Waals surface area contributed by atoms with E-state index in [1.54, 1.807) is 34.9 Å². The molecule has 2 aliphatic rings. The van der Waals surface area contributed by atoms with E-state index in [1.165, 1.54) is 18.7 Å². The SMILES string of the molecule is CC/C=C\C(=C/C(C)c1cc(OC2=CC/C=C(/C(F)(F)F)CC/C=C\2)n(Cc2cocn2)n1)C1(N(C)C(=O)OC(C)(C)C)COC1. The van der Waals surface area contributed by atoms with Crippen molar-refractivity contribution in [2.45, 2.75) is 90.1 Å². The Hall–Kier alpha value is -4.06. The lowest BCUT2D eigenvalue weighted by Gasteiger charge is -2.49. The Bertz CT molecular complexity index is 1490. The van der Waals surface area contributed by atoms with Gasteiger partial charge in [0.2, 0.25) is 5.88 Å². The molecule has 0 aromatic carbocycles. The lowest BCUT2D eigenvalue weighted by Crippen LogP contribution is -2.64. The molecule has 1 atom stereocenters. The van der Waals surface area contributed by atoms with Crippen LogP contribution in [0.1, 0.15) is 77.6 Å². The van der Waals surface area contributed by atoms with Crippen LogP contribution >= 0.6 is 0 Å². The molecule has 0 saturated carbocycles. The van der Waals surface area contributed by atoms with Gasteiger partial charge in [-0.3, -0.25) is 4.90 Å². The highest BCUT2D eigenvalue weighted by Gasteiger charge is 2.48. The van der Waals surface area contributed by atoms with Crippen LogP contribution in [-0.4, -0.2) is 63.3 Å². The van der Waals surface area contributed by atoms with E-state index in [0.29, 0.717) is 36.2 Å². The largest absolute Gasteiger partial charge is 0.451 e. The molecule has 2 aromatic heterocycles. The number of carbonyl (C=O) groups is 1. The lowest BCUT2D eigenvalue weighted by atomic mass is 9.83.